The molecular weight excluding hydrogens is 360 g/mol. The third-order valence-electron chi connectivity index (χ3n) is 4.19. The second kappa shape index (κ2) is 7.17. The summed E-state index contributed by atoms with van der Waals surface area (Å²) in [5.41, 5.74) is 0.875. The van der Waals surface area contributed by atoms with Crippen LogP contribution in [0, 0.1) is 0 Å². The molecule has 0 aliphatic carbocycles. The molecular formula is C22H16O6. The second-order valence-electron chi connectivity index (χ2n) is 6.11. The van der Waals surface area contributed by atoms with Gasteiger partial charge in [0.2, 0.25) is 6.29 Å². The Hall–Kier alpha value is -3.64. The third-order valence-corrected chi connectivity index (χ3v) is 4.19. The van der Waals surface area contributed by atoms with Crippen molar-refractivity contribution >= 4 is 16.9 Å². The summed E-state index contributed by atoms with van der Waals surface area (Å²) in [5.74, 6) is 0.721. The van der Waals surface area contributed by atoms with Crippen molar-refractivity contribution in [2.75, 3.05) is 0 Å². The van der Waals surface area contributed by atoms with Crippen molar-refractivity contribution < 1.29 is 23.4 Å². The molecule has 1 aromatic heterocycles. The maximum atomic E-state index is 12.5. The van der Waals surface area contributed by atoms with E-state index in [4.69, 9.17) is 18.6 Å². The van der Waals surface area contributed by atoms with Gasteiger partial charge in [-0.05, 0) is 42.5 Å². The van der Waals surface area contributed by atoms with Crippen LogP contribution in [0.15, 0.2) is 83.1 Å². The number of epoxide rings is 1. The van der Waals surface area contributed by atoms with Crippen LogP contribution >= 0.6 is 0 Å². The highest BCUT2D eigenvalue weighted by molar-refractivity contribution is 5.85. The van der Waals surface area contributed by atoms with Gasteiger partial charge in [0.25, 0.3) is 0 Å². The van der Waals surface area contributed by atoms with Crippen molar-refractivity contribution in [2.45, 2.75) is 12.4 Å². The Bertz CT molecular complexity index is 1130. The first-order chi connectivity index (χ1) is 13.6. The molecule has 0 radical (unpaired) electrons. The molecule has 2 atom stereocenters. The van der Waals surface area contributed by atoms with E-state index in [0.717, 1.165) is 11.6 Å². The van der Waals surface area contributed by atoms with Crippen LogP contribution in [0.1, 0.15) is 0 Å². The molecule has 2 unspecified atom stereocenters. The quantitative estimate of drug-likeness (QED) is 0.214. The van der Waals surface area contributed by atoms with Crippen LogP contribution in [-0.4, -0.2) is 18.4 Å². The Morgan fingerprint density at radius 3 is 2.46 bits per heavy atom. The molecule has 3 aromatic rings. The van der Waals surface area contributed by atoms with E-state index in [0.29, 0.717) is 22.5 Å². The lowest BCUT2D eigenvalue weighted by molar-refractivity contribution is -0.128. The average Bonchev–Trinajstić information content (AvgIpc) is 3.47. The highest BCUT2D eigenvalue weighted by Gasteiger charge is 2.38. The van der Waals surface area contributed by atoms with Gasteiger partial charge < -0.3 is 18.6 Å². The lowest BCUT2D eigenvalue weighted by atomic mass is 10.1. The largest absolute Gasteiger partial charge is 0.462 e. The minimum absolute atomic E-state index is 0.0752. The molecule has 4 rings (SSSR count). The van der Waals surface area contributed by atoms with Gasteiger partial charge in [-0.3, -0.25) is 4.79 Å². The maximum absolute atomic E-state index is 12.5. The molecule has 0 amide bonds. The van der Waals surface area contributed by atoms with Gasteiger partial charge in [-0.1, -0.05) is 12.7 Å². The van der Waals surface area contributed by atoms with Crippen LogP contribution < -0.4 is 14.9 Å². The van der Waals surface area contributed by atoms with Gasteiger partial charge in [-0.2, -0.15) is 0 Å². The van der Waals surface area contributed by atoms with E-state index in [1.165, 1.54) is 12.1 Å². The fraction of sp³-hybridized carbons (Fsp3) is 0.0909. The average molecular weight is 376 g/mol. The molecule has 2 heterocycles. The van der Waals surface area contributed by atoms with E-state index in [9.17, 15) is 9.59 Å². The maximum Gasteiger partial charge on any atom is 0.335 e. The second-order valence-corrected chi connectivity index (χ2v) is 6.11. The number of benzene rings is 2. The van der Waals surface area contributed by atoms with Gasteiger partial charge in [0.15, 0.2) is 5.43 Å². The summed E-state index contributed by atoms with van der Waals surface area (Å²) in [4.78, 5) is 23.8. The van der Waals surface area contributed by atoms with Crippen molar-refractivity contribution in [1.82, 2.24) is 0 Å². The zero-order chi connectivity index (χ0) is 19.7. The zero-order valence-electron chi connectivity index (χ0n) is 14.8. The molecule has 140 valence electrons. The molecule has 0 spiro atoms. The summed E-state index contributed by atoms with van der Waals surface area (Å²) in [6, 6.07) is 13.2. The first kappa shape index (κ1) is 17.8. The number of fused-ring (bicyclic) bond motifs is 1. The van der Waals surface area contributed by atoms with Crippen LogP contribution in [-0.2, 0) is 9.53 Å². The Labute approximate surface area is 160 Å². The molecule has 1 aliphatic rings. The molecule has 1 saturated heterocycles. The van der Waals surface area contributed by atoms with Gasteiger partial charge in [0, 0.05) is 17.7 Å². The number of carbonyl (C=O) groups is 1. The molecule has 1 fully saturated rings. The van der Waals surface area contributed by atoms with Crippen molar-refractivity contribution in [3.05, 3.63) is 84.1 Å². The fourth-order valence-corrected chi connectivity index (χ4v) is 2.70. The van der Waals surface area contributed by atoms with E-state index in [1.54, 1.807) is 42.5 Å². The standard InChI is InChI=1S/C22H16O6/c1-3-18-22(28-18)26-14-7-5-13(6-8-14)20-12-17(23)16-11-15(25-21(24)4-2)9-10-19(16)27-20/h3-12,18,22H,1-2H2. The number of ether oxygens (including phenoxy) is 3. The van der Waals surface area contributed by atoms with E-state index < -0.39 is 5.97 Å². The summed E-state index contributed by atoms with van der Waals surface area (Å²) in [6.07, 6.45) is 2.36. The molecule has 6 heteroatoms. The molecule has 6 nitrogen and oxygen atoms in total. The van der Waals surface area contributed by atoms with Crippen LogP contribution in [0.3, 0.4) is 0 Å². The van der Waals surface area contributed by atoms with Crippen LogP contribution in [0.2, 0.25) is 0 Å². The van der Waals surface area contributed by atoms with Crippen LogP contribution in [0.5, 0.6) is 11.5 Å². The van der Waals surface area contributed by atoms with Gasteiger partial charge in [0.05, 0.1) is 5.39 Å². The predicted molar refractivity (Wildman–Crippen MR) is 103 cm³/mol. The SMILES string of the molecule is C=CC(=O)Oc1ccc2oc(-c3ccc(OC4OC4C=C)cc3)cc(=O)c2c1. The topological polar surface area (TPSA) is 78.3 Å². The predicted octanol–water partition coefficient (Wildman–Crippen LogP) is 3.84. The highest BCUT2D eigenvalue weighted by Crippen LogP contribution is 2.29. The molecule has 1 aliphatic heterocycles. The Morgan fingerprint density at radius 2 is 1.79 bits per heavy atom. The van der Waals surface area contributed by atoms with Crippen LogP contribution in [0.4, 0.5) is 0 Å². The van der Waals surface area contributed by atoms with Gasteiger partial charge in [-0.25, -0.2) is 4.79 Å². The van der Waals surface area contributed by atoms with Gasteiger partial charge >= 0.3 is 5.97 Å². The smallest absolute Gasteiger partial charge is 0.335 e. The number of hydrogen-bond acceptors (Lipinski definition) is 6. The summed E-state index contributed by atoms with van der Waals surface area (Å²) in [6.45, 7) is 6.99. The molecule has 2 aromatic carbocycles. The van der Waals surface area contributed by atoms with E-state index in [2.05, 4.69) is 13.2 Å². The summed E-state index contributed by atoms with van der Waals surface area (Å²) in [7, 11) is 0. The number of hydrogen-bond donors (Lipinski definition) is 0. The van der Waals surface area contributed by atoms with Gasteiger partial charge in [-0.15, -0.1) is 6.58 Å². The Kier molecular flexibility index (Phi) is 4.55. The lowest BCUT2D eigenvalue weighted by Crippen LogP contribution is -2.05. The fourth-order valence-electron chi connectivity index (χ4n) is 2.70. The number of rotatable bonds is 6. The summed E-state index contributed by atoms with van der Waals surface area (Å²) in [5, 5.41) is 0.319. The minimum Gasteiger partial charge on any atom is -0.462 e. The zero-order valence-corrected chi connectivity index (χ0v) is 14.8. The summed E-state index contributed by atoms with van der Waals surface area (Å²) < 4.78 is 21.8. The summed E-state index contributed by atoms with van der Waals surface area (Å²) >= 11 is 0. The van der Waals surface area contributed by atoms with E-state index in [-0.39, 0.29) is 23.6 Å². The van der Waals surface area contributed by atoms with Crippen molar-refractivity contribution in [1.29, 1.82) is 0 Å². The highest BCUT2D eigenvalue weighted by atomic mass is 16.8. The third kappa shape index (κ3) is 3.58. The lowest BCUT2D eigenvalue weighted by Gasteiger charge is -2.07. The monoisotopic (exact) mass is 376 g/mol. The normalized spacial score (nSPS) is 17.7. The minimum atomic E-state index is -0.598. The van der Waals surface area contributed by atoms with Crippen molar-refractivity contribution in [3.8, 4) is 22.8 Å². The van der Waals surface area contributed by atoms with Crippen molar-refractivity contribution in [2.24, 2.45) is 0 Å². The van der Waals surface area contributed by atoms with E-state index in [1.807, 2.05) is 0 Å². The number of esters is 1. The molecule has 28 heavy (non-hydrogen) atoms. The first-order valence-corrected chi connectivity index (χ1v) is 8.54. The molecule has 0 N–H and O–H groups in total. The molecule has 0 saturated carbocycles. The van der Waals surface area contributed by atoms with Crippen molar-refractivity contribution in [3.63, 3.8) is 0 Å². The first-order valence-electron chi connectivity index (χ1n) is 8.54. The Balaban J connectivity index is 1.59. The Morgan fingerprint density at radius 1 is 1.04 bits per heavy atom. The van der Waals surface area contributed by atoms with E-state index >= 15 is 0 Å². The van der Waals surface area contributed by atoms with Gasteiger partial charge in [0.1, 0.15) is 28.9 Å². The number of carbonyl (C=O) groups excluding carboxylic acids is 1. The van der Waals surface area contributed by atoms with Crippen LogP contribution in [0.25, 0.3) is 22.3 Å². The molecule has 0 bridgehead atoms.